The number of halogens is 2. The zero-order valence-electron chi connectivity index (χ0n) is 22.3. The van der Waals surface area contributed by atoms with Crippen molar-refractivity contribution in [1.29, 1.82) is 0 Å². The first-order valence-corrected chi connectivity index (χ1v) is 15.3. The fourth-order valence-electron chi connectivity index (χ4n) is 3.96. The van der Waals surface area contributed by atoms with E-state index in [-0.39, 0.29) is 47.2 Å². The first kappa shape index (κ1) is 31.5. The Morgan fingerprint density at radius 2 is 1.77 bits per heavy atom. The molecule has 0 fully saturated rings. The minimum absolute atomic E-state index is 0.0517. The molecular formula is C27H32ClFN4O5S2. The highest BCUT2D eigenvalue weighted by atomic mass is 35.5. The van der Waals surface area contributed by atoms with Crippen LogP contribution in [-0.2, 0) is 19.6 Å². The van der Waals surface area contributed by atoms with Crippen molar-refractivity contribution in [2.75, 3.05) is 13.1 Å². The lowest BCUT2D eigenvalue weighted by Crippen LogP contribution is -2.49. The normalized spacial score (nSPS) is 13.2. The highest BCUT2D eigenvalue weighted by Crippen LogP contribution is 2.25. The zero-order valence-corrected chi connectivity index (χ0v) is 24.7. The van der Waals surface area contributed by atoms with Gasteiger partial charge in [0.05, 0.1) is 9.90 Å². The lowest BCUT2D eigenvalue weighted by molar-refractivity contribution is -0.123. The third-order valence-corrected chi connectivity index (χ3v) is 8.99. The van der Waals surface area contributed by atoms with E-state index in [1.807, 2.05) is 38.1 Å². The maximum atomic E-state index is 13.4. The van der Waals surface area contributed by atoms with Crippen LogP contribution in [0.3, 0.4) is 0 Å². The van der Waals surface area contributed by atoms with E-state index in [1.54, 1.807) is 6.07 Å². The van der Waals surface area contributed by atoms with Crippen LogP contribution in [-0.4, -0.2) is 51.3 Å². The summed E-state index contributed by atoms with van der Waals surface area (Å²) in [5.41, 5.74) is 0. The molecule has 3 aromatic rings. The predicted molar refractivity (Wildman–Crippen MR) is 154 cm³/mol. The van der Waals surface area contributed by atoms with Crippen molar-refractivity contribution in [3.63, 3.8) is 0 Å². The minimum Gasteiger partial charge on any atom is -0.355 e. The molecule has 2 atom stereocenters. The number of sulfonamides is 1. The molecule has 0 radical (unpaired) electrons. The molecule has 4 N–H and O–H groups in total. The summed E-state index contributed by atoms with van der Waals surface area (Å²) in [5.74, 6) is -1.70. The van der Waals surface area contributed by atoms with Gasteiger partial charge in [0.25, 0.3) is 5.91 Å². The lowest BCUT2D eigenvalue weighted by Gasteiger charge is -2.22. The Morgan fingerprint density at radius 1 is 1.05 bits per heavy atom. The third-order valence-electron chi connectivity index (χ3n) is 5.87. The minimum atomic E-state index is -4.16. The Balaban J connectivity index is 1.65. The molecule has 0 spiro atoms. The molecule has 0 aliphatic rings. The Bertz CT molecular complexity index is 1450. The molecule has 1 aromatic heterocycles. The van der Waals surface area contributed by atoms with Gasteiger partial charge in [0.1, 0.15) is 16.8 Å². The van der Waals surface area contributed by atoms with Gasteiger partial charge in [-0.15, -0.1) is 11.3 Å². The highest BCUT2D eigenvalue weighted by Gasteiger charge is 2.26. The summed E-state index contributed by atoms with van der Waals surface area (Å²) < 4.78 is 42.6. The van der Waals surface area contributed by atoms with E-state index < -0.39 is 33.8 Å². The molecule has 3 amide bonds. The van der Waals surface area contributed by atoms with Crippen molar-refractivity contribution >= 4 is 60.8 Å². The Labute approximate surface area is 241 Å². The number of thiophene rings is 1. The number of hydrogen-bond donors (Lipinski definition) is 4. The van der Waals surface area contributed by atoms with Crippen LogP contribution in [0.15, 0.2) is 53.4 Å². The summed E-state index contributed by atoms with van der Waals surface area (Å²) >= 11 is 7.28. The largest absolute Gasteiger partial charge is 0.355 e. The number of amides is 3. The Morgan fingerprint density at radius 3 is 2.42 bits per heavy atom. The van der Waals surface area contributed by atoms with Crippen molar-refractivity contribution in [1.82, 2.24) is 20.7 Å². The number of nitrogens with one attached hydrogen (secondary N) is 4. The van der Waals surface area contributed by atoms with Gasteiger partial charge in [-0.25, -0.2) is 17.5 Å². The quantitative estimate of drug-likeness (QED) is 0.233. The molecule has 0 bridgehead atoms. The van der Waals surface area contributed by atoms with Gasteiger partial charge in [-0.2, -0.15) is 0 Å². The van der Waals surface area contributed by atoms with Crippen LogP contribution in [0.4, 0.5) is 4.39 Å². The van der Waals surface area contributed by atoms with Gasteiger partial charge in [-0.05, 0) is 54.5 Å². The zero-order chi connectivity index (χ0) is 29.4. The number of fused-ring (bicyclic) bond motifs is 1. The van der Waals surface area contributed by atoms with Gasteiger partial charge in [0.15, 0.2) is 0 Å². The second kappa shape index (κ2) is 14.0. The van der Waals surface area contributed by atoms with Crippen LogP contribution in [0.2, 0.25) is 5.02 Å². The summed E-state index contributed by atoms with van der Waals surface area (Å²) in [6.45, 7) is 5.16. The molecule has 40 heavy (non-hydrogen) atoms. The van der Waals surface area contributed by atoms with E-state index in [4.69, 9.17) is 11.6 Å². The molecule has 216 valence electrons. The van der Waals surface area contributed by atoms with Crippen LogP contribution >= 0.6 is 22.9 Å². The monoisotopic (exact) mass is 610 g/mol. The van der Waals surface area contributed by atoms with E-state index in [0.717, 1.165) is 28.3 Å². The molecule has 9 nitrogen and oxygen atoms in total. The maximum Gasteiger partial charge on any atom is 0.262 e. The number of carbonyl (C=O) groups is 3. The van der Waals surface area contributed by atoms with Gasteiger partial charge in [0.2, 0.25) is 21.8 Å². The van der Waals surface area contributed by atoms with E-state index >= 15 is 0 Å². The van der Waals surface area contributed by atoms with Crippen molar-refractivity contribution < 1.29 is 27.2 Å². The van der Waals surface area contributed by atoms with E-state index in [0.29, 0.717) is 11.3 Å². The van der Waals surface area contributed by atoms with Crippen molar-refractivity contribution in [2.45, 2.75) is 50.6 Å². The fourth-order valence-corrected chi connectivity index (χ4v) is 6.73. The van der Waals surface area contributed by atoms with Crippen LogP contribution in [0.1, 0.15) is 43.3 Å². The SMILES string of the molecule is CC(=O)NC[C@@H](CCNC(=O)C(CC(C)C)NC(=O)c1cc2ccccc2s1)NS(=O)(=O)c1ccc(F)cc1Cl. The van der Waals surface area contributed by atoms with Gasteiger partial charge in [0, 0.05) is 30.8 Å². The first-order chi connectivity index (χ1) is 18.9. The number of hydrogen-bond acceptors (Lipinski definition) is 6. The summed E-state index contributed by atoms with van der Waals surface area (Å²) in [5, 5.41) is 8.79. The number of rotatable bonds is 13. The fraction of sp³-hybridized carbons (Fsp3) is 0.370. The Hall–Kier alpha value is -3.06. The molecule has 2 aromatic carbocycles. The molecule has 3 rings (SSSR count). The van der Waals surface area contributed by atoms with Crippen LogP contribution in [0, 0.1) is 11.7 Å². The van der Waals surface area contributed by atoms with Crippen molar-refractivity contribution in [2.24, 2.45) is 5.92 Å². The summed E-state index contributed by atoms with van der Waals surface area (Å²) in [6, 6.07) is 10.7. The smallest absolute Gasteiger partial charge is 0.262 e. The molecule has 0 saturated heterocycles. The van der Waals surface area contributed by atoms with Gasteiger partial charge in [-0.3, -0.25) is 14.4 Å². The van der Waals surface area contributed by atoms with Crippen LogP contribution in [0.25, 0.3) is 10.1 Å². The second-order valence-electron chi connectivity index (χ2n) is 9.71. The summed E-state index contributed by atoms with van der Waals surface area (Å²) in [6.07, 6.45) is 0.510. The average Bonchev–Trinajstić information content (AvgIpc) is 3.30. The molecule has 13 heteroatoms. The topological polar surface area (TPSA) is 133 Å². The number of carbonyl (C=O) groups excluding carboxylic acids is 3. The molecule has 0 saturated carbocycles. The maximum absolute atomic E-state index is 13.4. The van der Waals surface area contributed by atoms with Gasteiger partial charge in [-0.1, -0.05) is 43.6 Å². The summed E-state index contributed by atoms with van der Waals surface area (Å²) in [7, 11) is -4.16. The lowest BCUT2D eigenvalue weighted by atomic mass is 10.0. The summed E-state index contributed by atoms with van der Waals surface area (Å²) in [4.78, 5) is 37.7. The molecule has 0 aliphatic carbocycles. The highest BCUT2D eigenvalue weighted by molar-refractivity contribution is 7.89. The first-order valence-electron chi connectivity index (χ1n) is 12.6. The second-order valence-corrected chi connectivity index (χ2v) is 12.9. The van der Waals surface area contributed by atoms with Crippen molar-refractivity contribution in [3.8, 4) is 0 Å². The van der Waals surface area contributed by atoms with Gasteiger partial charge < -0.3 is 16.0 Å². The Kier molecular flexibility index (Phi) is 11.0. The van der Waals surface area contributed by atoms with Crippen LogP contribution < -0.4 is 20.7 Å². The van der Waals surface area contributed by atoms with E-state index in [9.17, 15) is 27.2 Å². The average molecular weight is 611 g/mol. The van der Waals surface area contributed by atoms with E-state index in [1.165, 1.54) is 18.3 Å². The standard InChI is InChI=1S/C27H32ClFN4O5S2/c1-16(2)12-22(32-27(36)24-13-18-6-4-5-7-23(18)39-24)26(35)30-11-10-20(15-31-17(3)34)33-40(37,38)25-9-8-19(29)14-21(25)28/h4-9,13-14,16,20,22,33H,10-12,15H2,1-3H3,(H,30,35)(H,31,34)(H,32,36)/t20-,22?/m1/s1. The van der Waals surface area contributed by atoms with E-state index in [2.05, 4.69) is 20.7 Å². The molecule has 1 heterocycles. The number of benzene rings is 2. The molecule has 1 unspecified atom stereocenters. The third kappa shape index (κ3) is 8.98. The van der Waals surface area contributed by atoms with Crippen molar-refractivity contribution in [3.05, 3.63) is 64.2 Å². The predicted octanol–water partition coefficient (Wildman–Crippen LogP) is 3.83. The van der Waals surface area contributed by atoms with Crippen LogP contribution in [0.5, 0.6) is 0 Å². The molecular weight excluding hydrogens is 579 g/mol. The molecule has 0 aliphatic heterocycles. The van der Waals surface area contributed by atoms with Gasteiger partial charge >= 0.3 is 0 Å².